The monoisotopic (exact) mass is 417 g/mol. The van der Waals surface area contributed by atoms with E-state index in [0.29, 0.717) is 18.7 Å². The van der Waals surface area contributed by atoms with Gasteiger partial charge in [0.05, 0.1) is 5.69 Å². The zero-order valence-corrected chi connectivity index (χ0v) is 16.8. The van der Waals surface area contributed by atoms with E-state index >= 15 is 0 Å². The molecular formula is C22H19N5O2S. The summed E-state index contributed by atoms with van der Waals surface area (Å²) in [5.74, 6) is 0.278. The van der Waals surface area contributed by atoms with Crippen LogP contribution in [0.15, 0.2) is 89.1 Å². The minimum absolute atomic E-state index is 0.129. The summed E-state index contributed by atoms with van der Waals surface area (Å²) in [7, 11) is -3.74. The van der Waals surface area contributed by atoms with Gasteiger partial charge in [-0.25, -0.2) is 13.1 Å². The van der Waals surface area contributed by atoms with Gasteiger partial charge in [-0.1, -0.05) is 36.4 Å². The molecule has 0 fully saturated rings. The number of para-hydroxylation sites is 2. The average molecular weight is 417 g/mol. The molecule has 2 N–H and O–H groups in total. The molecule has 0 atom stereocenters. The number of anilines is 2. The first-order valence-electron chi connectivity index (χ1n) is 9.55. The van der Waals surface area contributed by atoms with Crippen LogP contribution in [0.3, 0.4) is 0 Å². The summed E-state index contributed by atoms with van der Waals surface area (Å²) >= 11 is 0. The Balaban J connectivity index is 1.52. The SMILES string of the molecule is O=S1(=O)NC(=NCCc2c[nH]c3ccccc23)N(c2ccccc2)c2ccncc21. The number of hydrogen-bond acceptors (Lipinski definition) is 4. The quantitative estimate of drug-likeness (QED) is 0.531. The molecule has 0 spiro atoms. The van der Waals surface area contributed by atoms with Gasteiger partial charge in [0.15, 0.2) is 0 Å². The van der Waals surface area contributed by atoms with Crippen LogP contribution in [0, 0.1) is 0 Å². The minimum atomic E-state index is -3.74. The normalized spacial score (nSPS) is 16.4. The number of aliphatic imine (C=N–C) groups is 1. The van der Waals surface area contributed by atoms with Crippen molar-refractivity contribution in [2.45, 2.75) is 11.3 Å². The number of sulfonamides is 1. The Kier molecular flexibility index (Phi) is 4.48. The van der Waals surface area contributed by atoms with E-state index in [1.807, 2.05) is 59.6 Å². The molecular weight excluding hydrogens is 398 g/mol. The molecule has 0 saturated heterocycles. The van der Waals surface area contributed by atoms with E-state index in [0.717, 1.165) is 22.2 Å². The van der Waals surface area contributed by atoms with Crippen LogP contribution in [-0.2, 0) is 16.4 Å². The van der Waals surface area contributed by atoms with Gasteiger partial charge in [-0.05, 0) is 36.2 Å². The number of benzene rings is 2. The second kappa shape index (κ2) is 7.31. The molecule has 5 rings (SSSR count). The molecule has 0 bridgehead atoms. The number of H-pyrrole nitrogens is 1. The van der Waals surface area contributed by atoms with Crippen LogP contribution >= 0.6 is 0 Å². The number of pyridine rings is 1. The van der Waals surface area contributed by atoms with Crippen molar-refractivity contribution >= 4 is 38.3 Å². The van der Waals surface area contributed by atoms with Crippen molar-refractivity contribution in [2.24, 2.45) is 4.99 Å². The van der Waals surface area contributed by atoms with Gasteiger partial charge >= 0.3 is 0 Å². The topological polar surface area (TPSA) is 90.4 Å². The van der Waals surface area contributed by atoms with Crippen LogP contribution in [0.5, 0.6) is 0 Å². The maximum Gasteiger partial charge on any atom is 0.267 e. The van der Waals surface area contributed by atoms with E-state index in [2.05, 4.69) is 25.7 Å². The predicted octanol–water partition coefficient (Wildman–Crippen LogP) is 3.59. The molecule has 0 amide bonds. The highest BCUT2D eigenvalue weighted by atomic mass is 32.2. The van der Waals surface area contributed by atoms with Gasteiger partial charge in [-0.15, -0.1) is 0 Å². The number of fused-ring (bicyclic) bond motifs is 2. The van der Waals surface area contributed by atoms with Crippen LogP contribution in [-0.4, -0.2) is 30.9 Å². The van der Waals surface area contributed by atoms with E-state index < -0.39 is 10.0 Å². The van der Waals surface area contributed by atoms with Crippen LogP contribution in [0.25, 0.3) is 10.9 Å². The van der Waals surface area contributed by atoms with Crippen LogP contribution in [0.4, 0.5) is 11.4 Å². The van der Waals surface area contributed by atoms with Gasteiger partial charge in [-0.3, -0.25) is 14.9 Å². The summed E-state index contributed by atoms with van der Waals surface area (Å²) in [6, 6.07) is 19.3. The number of nitrogens with zero attached hydrogens (tertiary/aromatic N) is 3. The maximum absolute atomic E-state index is 12.8. The molecule has 1 aliphatic heterocycles. The zero-order chi connectivity index (χ0) is 20.6. The van der Waals surface area contributed by atoms with E-state index in [9.17, 15) is 8.42 Å². The van der Waals surface area contributed by atoms with E-state index in [4.69, 9.17) is 0 Å². The summed E-state index contributed by atoms with van der Waals surface area (Å²) in [6.07, 6.45) is 5.60. The lowest BCUT2D eigenvalue weighted by Gasteiger charge is -2.32. The lowest BCUT2D eigenvalue weighted by molar-refractivity contribution is 0.590. The van der Waals surface area contributed by atoms with Gasteiger partial charge in [0.25, 0.3) is 10.0 Å². The molecule has 30 heavy (non-hydrogen) atoms. The summed E-state index contributed by atoms with van der Waals surface area (Å²) in [4.78, 5) is 13.8. The number of rotatable bonds is 4. The highest BCUT2D eigenvalue weighted by Gasteiger charge is 2.33. The van der Waals surface area contributed by atoms with Crippen LogP contribution in [0.2, 0.25) is 0 Å². The Labute approximate surface area is 174 Å². The Morgan fingerprint density at radius 2 is 1.80 bits per heavy atom. The third kappa shape index (κ3) is 3.21. The number of hydrogen-bond donors (Lipinski definition) is 2. The molecule has 0 unspecified atom stereocenters. The fraction of sp³-hybridized carbons (Fsp3) is 0.0909. The Morgan fingerprint density at radius 1 is 1.00 bits per heavy atom. The molecule has 3 heterocycles. The van der Waals surface area contributed by atoms with Crippen molar-refractivity contribution in [2.75, 3.05) is 11.4 Å². The summed E-state index contributed by atoms with van der Waals surface area (Å²) in [5.41, 5.74) is 3.56. The van der Waals surface area contributed by atoms with Crippen molar-refractivity contribution < 1.29 is 8.42 Å². The smallest absolute Gasteiger partial charge is 0.267 e. The van der Waals surface area contributed by atoms with Crippen LogP contribution in [0.1, 0.15) is 5.56 Å². The molecule has 7 nitrogen and oxygen atoms in total. The summed E-state index contributed by atoms with van der Waals surface area (Å²) in [5, 5.41) is 1.15. The van der Waals surface area contributed by atoms with Gasteiger partial charge < -0.3 is 4.98 Å². The van der Waals surface area contributed by atoms with Crippen LogP contribution < -0.4 is 9.62 Å². The highest BCUT2D eigenvalue weighted by Crippen LogP contribution is 2.34. The largest absolute Gasteiger partial charge is 0.361 e. The molecule has 0 aliphatic carbocycles. The average Bonchev–Trinajstić information content (AvgIpc) is 3.17. The lowest BCUT2D eigenvalue weighted by Crippen LogP contribution is -2.46. The third-order valence-corrected chi connectivity index (χ3v) is 6.41. The second-order valence-electron chi connectivity index (χ2n) is 6.93. The van der Waals surface area contributed by atoms with E-state index in [1.54, 1.807) is 12.3 Å². The van der Waals surface area contributed by atoms with Gasteiger partial charge in [0.2, 0.25) is 5.96 Å². The van der Waals surface area contributed by atoms with E-state index in [1.165, 1.54) is 6.20 Å². The standard InChI is InChI=1S/C22H19N5O2S/c28-30(29)21-15-23-12-11-20(21)27(17-6-2-1-3-7-17)22(26-30)24-13-10-16-14-25-19-9-5-4-8-18(16)19/h1-9,11-12,14-15,25H,10,13H2,(H,24,26). The minimum Gasteiger partial charge on any atom is -0.361 e. The molecule has 0 radical (unpaired) electrons. The predicted molar refractivity (Wildman–Crippen MR) is 117 cm³/mol. The molecule has 150 valence electrons. The number of aromatic amines is 1. The Hall–Kier alpha value is -3.65. The van der Waals surface area contributed by atoms with Crippen molar-refractivity contribution in [1.29, 1.82) is 0 Å². The fourth-order valence-electron chi connectivity index (χ4n) is 3.66. The first-order chi connectivity index (χ1) is 14.6. The molecule has 4 aromatic rings. The molecule has 8 heteroatoms. The first-order valence-corrected chi connectivity index (χ1v) is 11.0. The Morgan fingerprint density at radius 3 is 2.67 bits per heavy atom. The van der Waals surface area contributed by atoms with Gasteiger partial charge in [-0.2, -0.15) is 0 Å². The van der Waals surface area contributed by atoms with Crippen molar-refractivity contribution in [1.82, 2.24) is 14.7 Å². The van der Waals surface area contributed by atoms with E-state index in [-0.39, 0.29) is 10.9 Å². The number of guanidine groups is 1. The first kappa shape index (κ1) is 18.4. The maximum atomic E-state index is 12.8. The highest BCUT2D eigenvalue weighted by molar-refractivity contribution is 7.90. The summed E-state index contributed by atoms with van der Waals surface area (Å²) < 4.78 is 28.1. The lowest BCUT2D eigenvalue weighted by atomic mass is 10.1. The third-order valence-electron chi connectivity index (χ3n) is 5.06. The van der Waals surface area contributed by atoms with Gasteiger partial charge in [0, 0.05) is 41.7 Å². The van der Waals surface area contributed by atoms with Crippen molar-refractivity contribution in [3.05, 3.63) is 84.8 Å². The number of aromatic nitrogens is 2. The molecule has 1 aliphatic rings. The Bertz CT molecular complexity index is 1350. The molecule has 0 saturated carbocycles. The van der Waals surface area contributed by atoms with Crippen molar-refractivity contribution in [3.63, 3.8) is 0 Å². The van der Waals surface area contributed by atoms with Crippen molar-refractivity contribution in [3.8, 4) is 0 Å². The molecule has 2 aromatic heterocycles. The second-order valence-corrected chi connectivity index (χ2v) is 8.59. The fourth-order valence-corrected chi connectivity index (χ4v) is 4.80. The molecule has 2 aromatic carbocycles. The summed E-state index contributed by atoms with van der Waals surface area (Å²) in [6.45, 7) is 0.434. The number of nitrogens with one attached hydrogen (secondary N) is 2. The van der Waals surface area contributed by atoms with Gasteiger partial charge in [0.1, 0.15) is 4.90 Å². The zero-order valence-electron chi connectivity index (χ0n) is 16.0.